The fraction of sp³-hybridized carbons (Fsp3) is 0.467. The number of H-pyrrole nitrogens is 1. The second kappa shape index (κ2) is 5.06. The van der Waals surface area contributed by atoms with Crippen LogP contribution in [0.25, 0.3) is 10.9 Å². The lowest BCUT2D eigenvalue weighted by molar-refractivity contribution is 0.399. The molecule has 0 aliphatic carbocycles. The zero-order chi connectivity index (χ0) is 12.5. The molecule has 0 bridgehead atoms. The van der Waals surface area contributed by atoms with Crippen LogP contribution in [0.2, 0.25) is 0 Å². The van der Waals surface area contributed by atoms with E-state index in [0.717, 1.165) is 10.9 Å². The number of benzene rings is 1. The van der Waals surface area contributed by atoms with Gasteiger partial charge in [-0.05, 0) is 56.5 Å². The molecule has 1 aliphatic heterocycles. The highest BCUT2D eigenvalue weighted by atomic mass is 79.9. The quantitative estimate of drug-likeness (QED) is 0.864. The Morgan fingerprint density at radius 3 is 3.00 bits per heavy atom. The van der Waals surface area contributed by atoms with Crippen LogP contribution < -0.4 is 5.32 Å². The summed E-state index contributed by atoms with van der Waals surface area (Å²) in [4.78, 5) is 3.50. The fourth-order valence-corrected chi connectivity index (χ4v) is 3.32. The number of hydrogen-bond acceptors (Lipinski definition) is 1. The van der Waals surface area contributed by atoms with Crippen LogP contribution >= 0.6 is 15.9 Å². The lowest BCUT2D eigenvalue weighted by Crippen LogP contribution is -2.35. The SMILES string of the molecule is Cc1[nH]c2ccc(Br)cc2c1CC1CCCCN1. The van der Waals surface area contributed by atoms with Crippen molar-refractivity contribution in [1.82, 2.24) is 10.3 Å². The van der Waals surface area contributed by atoms with Gasteiger partial charge in [-0.3, -0.25) is 0 Å². The minimum atomic E-state index is 0.649. The molecule has 1 aliphatic rings. The predicted molar refractivity (Wildman–Crippen MR) is 80.1 cm³/mol. The second-order valence-electron chi connectivity index (χ2n) is 5.27. The highest BCUT2D eigenvalue weighted by molar-refractivity contribution is 9.10. The highest BCUT2D eigenvalue weighted by Gasteiger charge is 2.17. The molecule has 2 N–H and O–H groups in total. The van der Waals surface area contributed by atoms with Crippen LogP contribution in [0.1, 0.15) is 30.5 Å². The molecule has 0 spiro atoms. The van der Waals surface area contributed by atoms with E-state index in [0.29, 0.717) is 6.04 Å². The largest absolute Gasteiger partial charge is 0.358 e. The summed E-state index contributed by atoms with van der Waals surface area (Å²) in [6.07, 6.45) is 5.14. The van der Waals surface area contributed by atoms with Crippen molar-refractivity contribution in [3.63, 3.8) is 0 Å². The molecule has 18 heavy (non-hydrogen) atoms. The number of halogens is 1. The van der Waals surface area contributed by atoms with E-state index in [1.165, 1.54) is 48.0 Å². The molecule has 1 unspecified atom stereocenters. The molecule has 2 aromatic rings. The third kappa shape index (κ3) is 2.34. The molecule has 0 saturated carbocycles. The van der Waals surface area contributed by atoms with Crippen LogP contribution in [0.3, 0.4) is 0 Å². The molecular weight excluding hydrogens is 288 g/mol. The summed E-state index contributed by atoms with van der Waals surface area (Å²) >= 11 is 3.57. The molecule has 96 valence electrons. The van der Waals surface area contributed by atoms with Gasteiger partial charge in [0.15, 0.2) is 0 Å². The number of fused-ring (bicyclic) bond motifs is 1. The maximum atomic E-state index is 3.64. The van der Waals surface area contributed by atoms with Crippen LogP contribution in [0.4, 0.5) is 0 Å². The van der Waals surface area contributed by atoms with Crippen molar-refractivity contribution in [2.24, 2.45) is 0 Å². The Kier molecular flexibility index (Phi) is 3.44. The molecule has 0 amide bonds. The van der Waals surface area contributed by atoms with E-state index in [1.54, 1.807) is 0 Å². The molecule has 2 heterocycles. The summed E-state index contributed by atoms with van der Waals surface area (Å²) in [6, 6.07) is 7.14. The van der Waals surface area contributed by atoms with Crippen LogP contribution in [0.5, 0.6) is 0 Å². The first kappa shape index (κ1) is 12.2. The predicted octanol–water partition coefficient (Wildman–Crippen LogP) is 3.92. The first-order valence-electron chi connectivity index (χ1n) is 6.74. The first-order valence-corrected chi connectivity index (χ1v) is 7.53. The van der Waals surface area contributed by atoms with Crippen molar-refractivity contribution in [2.45, 2.75) is 38.6 Å². The van der Waals surface area contributed by atoms with Gasteiger partial charge < -0.3 is 10.3 Å². The minimum absolute atomic E-state index is 0.649. The third-order valence-electron chi connectivity index (χ3n) is 3.94. The van der Waals surface area contributed by atoms with Crippen LogP contribution in [-0.4, -0.2) is 17.6 Å². The average molecular weight is 307 g/mol. The van der Waals surface area contributed by atoms with Gasteiger partial charge in [0.25, 0.3) is 0 Å². The van der Waals surface area contributed by atoms with Crippen LogP contribution in [0.15, 0.2) is 22.7 Å². The monoisotopic (exact) mass is 306 g/mol. The van der Waals surface area contributed by atoms with Crippen LogP contribution in [-0.2, 0) is 6.42 Å². The number of aromatic amines is 1. The van der Waals surface area contributed by atoms with Gasteiger partial charge in [0.2, 0.25) is 0 Å². The topological polar surface area (TPSA) is 27.8 Å². The van der Waals surface area contributed by atoms with Crippen molar-refractivity contribution < 1.29 is 0 Å². The molecule has 1 fully saturated rings. The number of rotatable bonds is 2. The zero-order valence-corrected chi connectivity index (χ0v) is 12.3. The summed E-state index contributed by atoms with van der Waals surface area (Å²) < 4.78 is 1.16. The molecule has 1 aromatic heterocycles. The average Bonchev–Trinajstić information content (AvgIpc) is 2.67. The summed E-state index contributed by atoms with van der Waals surface area (Å²) in [5.74, 6) is 0. The summed E-state index contributed by atoms with van der Waals surface area (Å²) in [5, 5.41) is 5.01. The molecule has 1 atom stereocenters. The van der Waals surface area contributed by atoms with E-state index in [4.69, 9.17) is 0 Å². The van der Waals surface area contributed by atoms with Crippen molar-refractivity contribution in [2.75, 3.05) is 6.54 Å². The summed E-state index contributed by atoms with van der Waals surface area (Å²) in [7, 11) is 0. The number of hydrogen-bond donors (Lipinski definition) is 2. The van der Waals surface area contributed by atoms with Gasteiger partial charge in [-0.1, -0.05) is 22.4 Å². The van der Waals surface area contributed by atoms with Gasteiger partial charge in [-0.15, -0.1) is 0 Å². The number of piperidine rings is 1. The Morgan fingerprint density at radius 2 is 2.22 bits per heavy atom. The second-order valence-corrected chi connectivity index (χ2v) is 6.19. The van der Waals surface area contributed by atoms with E-state index < -0.39 is 0 Å². The van der Waals surface area contributed by atoms with Crippen molar-refractivity contribution in [1.29, 1.82) is 0 Å². The maximum absolute atomic E-state index is 3.64. The van der Waals surface area contributed by atoms with Crippen molar-refractivity contribution >= 4 is 26.8 Å². The van der Waals surface area contributed by atoms with Gasteiger partial charge in [0.05, 0.1) is 0 Å². The van der Waals surface area contributed by atoms with E-state index in [-0.39, 0.29) is 0 Å². The lowest BCUT2D eigenvalue weighted by atomic mass is 9.96. The standard InChI is InChI=1S/C15H19BrN2/c1-10-13(9-12-4-2-3-7-17-12)14-8-11(16)5-6-15(14)18-10/h5-6,8,12,17-18H,2-4,7,9H2,1H3. The summed E-state index contributed by atoms with van der Waals surface area (Å²) in [5.41, 5.74) is 4.04. The Morgan fingerprint density at radius 1 is 1.33 bits per heavy atom. The van der Waals surface area contributed by atoms with Crippen molar-refractivity contribution in [3.8, 4) is 0 Å². The van der Waals surface area contributed by atoms with Gasteiger partial charge >= 0.3 is 0 Å². The van der Waals surface area contributed by atoms with Gasteiger partial charge in [-0.2, -0.15) is 0 Å². The molecule has 3 rings (SSSR count). The van der Waals surface area contributed by atoms with Gasteiger partial charge in [-0.25, -0.2) is 0 Å². The zero-order valence-electron chi connectivity index (χ0n) is 10.7. The highest BCUT2D eigenvalue weighted by Crippen LogP contribution is 2.27. The van der Waals surface area contributed by atoms with Crippen molar-refractivity contribution in [3.05, 3.63) is 33.9 Å². The number of nitrogens with one attached hydrogen (secondary N) is 2. The normalized spacial score (nSPS) is 20.4. The molecule has 2 nitrogen and oxygen atoms in total. The van der Waals surface area contributed by atoms with Gasteiger partial charge in [0.1, 0.15) is 0 Å². The fourth-order valence-electron chi connectivity index (χ4n) is 2.96. The molecule has 3 heteroatoms. The Hall–Kier alpha value is -0.800. The first-order chi connectivity index (χ1) is 8.74. The van der Waals surface area contributed by atoms with E-state index in [1.807, 2.05) is 0 Å². The maximum Gasteiger partial charge on any atom is 0.0459 e. The smallest absolute Gasteiger partial charge is 0.0459 e. The van der Waals surface area contributed by atoms with E-state index >= 15 is 0 Å². The Labute approximate surface area is 116 Å². The third-order valence-corrected chi connectivity index (χ3v) is 4.44. The number of aromatic nitrogens is 1. The molecule has 1 aromatic carbocycles. The summed E-state index contributed by atoms with van der Waals surface area (Å²) in [6.45, 7) is 3.36. The van der Waals surface area contributed by atoms with E-state index in [2.05, 4.69) is 51.4 Å². The Bertz CT molecular complexity index is 553. The lowest BCUT2D eigenvalue weighted by Gasteiger charge is -2.23. The molecule has 0 radical (unpaired) electrons. The van der Waals surface area contributed by atoms with Gasteiger partial charge in [0, 0.05) is 27.1 Å². The minimum Gasteiger partial charge on any atom is -0.358 e. The van der Waals surface area contributed by atoms with E-state index in [9.17, 15) is 0 Å². The van der Waals surface area contributed by atoms with Crippen LogP contribution in [0, 0.1) is 6.92 Å². The Balaban J connectivity index is 1.94. The molecule has 1 saturated heterocycles. The number of aryl methyl sites for hydroxylation is 1. The molecular formula is C15H19BrN2.